The maximum Gasteiger partial charge on any atom is 0.259 e. The lowest BCUT2D eigenvalue weighted by atomic mass is 10.1. The Morgan fingerprint density at radius 2 is 2.06 bits per heavy atom. The maximum absolute atomic E-state index is 9.47. The van der Waals surface area contributed by atoms with Crippen molar-refractivity contribution in [1.29, 1.82) is 0 Å². The van der Waals surface area contributed by atoms with Crippen molar-refractivity contribution < 1.29 is 9.63 Å². The molecule has 0 atom stereocenters. The summed E-state index contributed by atoms with van der Waals surface area (Å²) in [5.41, 5.74) is 0.577. The summed E-state index contributed by atoms with van der Waals surface area (Å²) in [6.07, 6.45) is 4.68. The van der Waals surface area contributed by atoms with E-state index in [1.54, 1.807) is 6.07 Å². The quantitative estimate of drug-likeness (QED) is 0.897. The SMILES string of the molecule is Oc1ccc(Cl)c(-c2nc(C3CCCC3)no2)c1. The molecule has 1 aliphatic carbocycles. The number of aromatic nitrogens is 2. The molecule has 2 aromatic rings. The lowest BCUT2D eigenvalue weighted by Crippen LogP contribution is -1.94. The van der Waals surface area contributed by atoms with Crippen LogP contribution in [0.2, 0.25) is 5.02 Å². The molecule has 0 bridgehead atoms. The van der Waals surface area contributed by atoms with Gasteiger partial charge in [0.25, 0.3) is 5.89 Å². The highest BCUT2D eigenvalue weighted by Gasteiger charge is 2.23. The van der Waals surface area contributed by atoms with Crippen molar-refractivity contribution in [3.63, 3.8) is 0 Å². The number of hydrogen-bond donors (Lipinski definition) is 1. The Labute approximate surface area is 110 Å². The van der Waals surface area contributed by atoms with Gasteiger partial charge >= 0.3 is 0 Å². The highest BCUT2D eigenvalue weighted by molar-refractivity contribution is 6.33. The topological polar surface area (TPSA) is 59.2 Å². The van der Waals surface area contributed by atoms with Crippen LogP contribution in [0.25, 0.3) is 11.5 Å². The molecule has 4 nitrogen and oxygen atoms in total. The summed E-state index contributed by atoms with van der Waals surface area (Å²) in [4.78, 5) is 4.39. The van der Waals surface area contributed by atoms with Gasteiger partial charge in [-0.05, 0) is 31.0 Å². The Bertz CT molecular complexity index is 562. The molecule has 0 spiro atoms. The number of benzene rings is 1. The zero-order valence-corrected chi connectivity index (χ0v) is 10.5. The lowest BCUT2D eigenvalue weighted by Gasteiger charge is -2.00. The first-order chi connectivity index (χ1) is 8.74. The first kappa shape index (κ1) is 11.5. The molecule has 1 N–H and O–H groups in total. The second-order valence-electron chi connectivity index (χ2n) is 4.60. The van der Waals surface area contributed by atoms with Gasteiger partial charge < -0.3 is 9.63 Å². The van der Waals surface area contributed by atoms with Crippen LogP contribution in [-0.4, -0.2) is 15.2 Å². The van der Waals surface area contributed by atoms with Gasteiger partial charge in [-0.25, -0.2) is 0 Å². The lowest BCUT2D eigenvalue weighted by molar-refractivity contribution is 0.415. The largest absolute Gasteiger partial charge is 0.508 e. The fourth-order valence-corrected chi connectivity index (χ4v) is 2.57. The summed E-state index contributed by atoms with van der Waals surface area (Å²) in [5, 5.41) is 14.0. The van der Waals surface area contributed by atoms with E-state index in [1.807, 2.05) is 0 Å². The average molecular weight is 265 g/mol. The molecule has 0 radical (unpaired) electrons. The van der Waals surface area contributed by atoms with Crippen molar-refractivity contribution in [3.05, 3.63) is 29.0 Å². The van der Waals surface area contributed by atoms with Gasteiger partial charge in [-0.15, -0.1) is 0 Å². The van der Waals surface area contributed by atoms with Crippen LogP contribution in [0.15, 0.2) is 22.7 Å². The van der Waals surface area contributed by atoms with Crippen LogP contribution in [0.4, 0.5) is 0 Å². The monoisotopic (exact) mass is 264 g/mol. The van der Waals surface area contributed by atoms with Crippen molar-refractivity contribution in [2.45, 2.75) is 31.6 Å². The van der Waals surface area contributed by atoms with Crippen LogP contribution in [0.3, 0.4) is 0 Å². The minimum absolute atomic E-state index is 0.134. The van der Waals surface area contributed by atoms with Crippen LogP contribution in [0.5, 0.6) is 5.75 Å². The Balaban J connectivity index is 1.94. The number of nitrogens with zero attached hydrogens (tertiary/aromatic N) is 2. The Morgan fingerprint density at radius 3 is 2.83 bits per heavy atom. The van der Waals surface area contributed by atoms with E-state index < -0.39 is 0 Å². The number of rotatable bonds is 2. The van der Waals surface area contributed by atoms with Crippen LogP contribution < -0.4 is 0 Å². The normalized spacial score (nSPS) is 16.3. The molecule has 0 unspecified atom stereocenters. The average Bonchev–Trinajstić information content (AvgIpc) is 3.00. The van der Waals surface area contributed by atoms with Crippen LogP contribution >= 0.6 is 11.6 Å². The van der Waals surface area contributed by atoms with E-state index in [9.17, 15) is 5.11 Å². The van der Waals surface area contributed by atoms with Gasteiger partial charge in [0.1, 0.15) is 5.75 Å². The predicted octanol–water partition coefficient (Wildman–Crippen LogP) is 3.75. The molecule has 5 heteroatoms. The molecule has 1 fully saturated rings. The summed E-state index contributed by atoms with van der Waals surface area (Å²) in [6.45, 7) is 0. The Morgan fingerprint density at radius 1 is 1.28 bits per heavy atom. The van der Waals surface area contributed by atoms with E-state index >= 15 is 0 Å². The molecule has 1 aromatic carbocycles. The smallest absolute Gasteiger partial charge is 0.259 e. The molecular formula is C13H13ClN2O2. The third kappa shape index (κ3) is 2.08. The van der Waals surface area contributed by atoms with E-state index in [-0.39, 0.29) is 5.75 Å². The van der Waals surface area contributed by atoms with Gasteiger partial charge in [0.15, 0.2) is 5.82 Å². The molecule has 0 saturated heterocycles. The number of phenols is 1. The molecule has 18 heavy (non-hydrogen) atoms. The fraction of sp³-hybridized carbons (Fsp3) is 0.385. The zero-order valence-electron chi connectivity index (χ0n) is 9.77. The molecular weight excluding hydrogens is 252 g/mol. The zero-order chi connectivity index (χ0) is 12.5. The van der Waals surface area contributed by atoms with Crippen molar-refractivity contribution in [3.8, 4) is 17.2 Å². The van der Waals surface area contributed by atoms with E-state index in [2.05, 4.69) is 10.1 Å². The minimum atomic E-state index is 0.134. The van der Waals surface area contributed by atoms with Crippen LogP contribution in [-0.2, 0) is 0 Å². The van der Waals surface area contributed by atoms with Gasteiger partial charge in [-0.1, -0.05) is 29.6 Å². The molecule has 0 aliphatic heterocycles. The van der Waals surface area contributed by atoms with E-state index in [0.29, 0.717) is 22.4 Å². The number of halogens is 1. The molecule has 1 saturated carbocycles. The molecule has 94 valence electrons. The molecule has 0 amide bonds. The first-order valence-electron chi connectivity index (χ1n) is 6.06. The van der Waals surface area contributed by atoms with Gasteiger partial charge in [0.2, 0.25) is 0 Å². The molecule has 3 rings (SSSR count). The summed E-state index contributed by atoms with van der Waals surface area (Å²) >= 11 is 6.06. The fourth-order valence-electron chi connectivity index (χ4n) is 2.37. The van der Waals surface area contributed by atoms with Crippen molar-refractivity contribution in [1.82, 2.24) is 10.1 Å². The second kappa shape index (κ2) is 4.61. The van der Waals surface area contributed by atoms with Gasteiger partial charge in [0, 0.05) is 5.92 Å². The maximum atomic E-state index is 9.47. The van der Waals surface area contributed by atoms with Crippen molar-refractivity contribution >= 4 is 11.6 Å². The molecule has 1 heterocycles. The molecule has 1 aliphatic rings. The number of hydrogen-bond acceptors (Lipinski definition) is 4. The van der Waals surface area contributed by atoms with Crippen LogP contribution in [0, 0.1) is 0 Å². The standard InChI is InChI=1S/C13H13ClN2O2/c14-11-6-5-9(17)7-10(11)13-15-12(16-18-13)8-3-1-2-4-8/h5-8,17H,1-4H2. The summed E-state index contributed by atoms with van der Waals surface area (Å²) in [7, 11) is 0. The highest BCUT2D eigenvalue weighted by Crippen LogP contribution is 2.35. The van der Waals surface area contributed by atoms with E-state index in [1.165, 1.54) is 25.0 Å². The first-order valence-corrected chi connectivity index (χ1v) is 6.44. The predicted molar refractivity (Wildman–Crippen MR) is 67.6 cm³/mol. The van der Waals surface area contributed by atoms with Crippen molar-refractivity contribution in [2.75, 3.05) is 0 Å². The summed E-state index contributed by atoms with van der Waals surface area (Å²) in [5.74, 6) is 1.66. The van der Waals surface area contributed by atoms with Gasteiger partial charge in [-0.2, -0.15) is 4.98 Å². The van der Waals surface area contributed by atoms with Gasteiger partial charge in [-0.3, -0.25) is 0 Å². The number of phenolic OH excluding ortho intramolecular Hbond substituents is 1. The minimum Gasteiger partial charge on any atom is -0.508 e. The van der Waals surface area contributed by atoms with E-state index in [4.69, 9.17) is 16.1 Å². The van der Waals surface area contributed by atoms with E-state index in [0.717, 1.165) is 18.7 Å². The van der Waals surface area contributed by atoms with Crippen molar-refractivity contribution in [2.24, 2.45) is 0 Å². The summed E-state index contributed by atoms with van der Waals surface area (Å²) in [6, 6.07) is 4.68. The Kier molecular flexibility index (Phi) is 2.96. The van der Waals surface area contributed by atoms with Gasteiger partial charge in [0.05, 0.1) is 10.6 Å². The number of aromatic hydroxyl groups is 1. The third-order valence-corrected chi connectivity index (χ3v) is 3.67. The molecule has 1 aromatic heterocycles. The highest BCUT2D eigenvalue weighted by atomic mass is 35.5. The third-order valence-electron chi connectivity index (χ3n) is 3.34. The second-order valence-corrected chi connectivity index (χ2v) is 5.01. The Hall–Kier alpha value is -1.55. The summed E-state index contributed by atoms with van der Waals surface area (Å²) < 4.78 is 5.24. The van der Waals surface area contributed by atoms with Crippen LogP contribution in [0.1, 0.15) is 37.4 Å².